The van der Waals surface area contributed by atoms with E-state index in [-0.39, 0.29) is 4.90 Å². The predicted octanol–water partition coefficient (Wildman–Crippen LogP) is 8.01. The van der Waals surface area contributed by atoms with Crippen molar-refractivity contribution in [2.75, 3.05) is 7.05 Å². The molecule has 20 heteroatoms. The van der Waals surface area contributed by atoms with E-state index in [4.69, 9.17) is 4.74 Å². The molecule has 2 bridgehead atoms. The van der Waals surface area contributed by atoms with Crippen LogP contribution in [-0.2, 0) is 19.1 Å². The lowest BCUT2D eigenvalue weighted by Gasteiger charge is -2.51. The maximum atomic E-state index is 15.9. The number of carbonyl (C=O) groups excluding carboxylic acids is 3. The van der Waals surface area contributed by atoms with Gasteiger partial charge in [-0.3, -0.25) is 19.3 Å². The molecule has 0 aromatic carbocycles. The number of amides is 2. The molecule has 278 valence electrons. The summed E-state index contributed by atoms with van der Waals surface area (Å²) in [4.78, 5) is 39.0. The highest BCUT2D eigenvalue weighted by molar-refractivity contribution is 6.07. The summed E-state index contributed by atoms with van der Waals surface area (Å²) in [5, 5.41) is 0. The highest BCUT2D eigenvalue weighted by Crippen LogP contribution is 2.73. The van der Waals surface area contributed by atoms with Gasteiger partial charge in [0.15, 0.2) is 0 Å². The fraction of sp³-hybridized carbons (Fsp3) is 0.893. The second kappa shape index (κ2) is 10.8. The van der Waals surface area contributed by atoms with Crippen molar-refractivity contribution < 1.29 is 85.0 Å². The van der Waals surface area contributed by atoms with Crippen LogP contribution < -0.4 is 0 Å². The second-order valence-electron chi connectivity index (χ2n) is 14.2. The summed E-state index contributed by atoms with van der Waals surface area (Å²) < 4.78 is 223. The molecule has 3 rings (SSSR count). The van der Waals surface area contributed by atoms with Crippen LogP contribution in [0.15, 0.2) is 0 Å². The van der Waals surface area contributed by atoms with E-state index < -0.39 is 132 Å². The Kier molecular flexibility index (Phi) is 8.98. The lowest BCUT2D eigenvalue weighted by molar-refractivity contribution is -0.411. The molecular weight excluding hydrogens is 699 g/mol. The Bertz CT molecular complexity index is 1330. The summed E-state index contributed by atoms with van der Waals surface area (Å²) in [6.45, 7) is 3.94. The largest absolute Gasteiger partial charge is 0.460 e. The molecule has 7 unspecified atom stereocenters. The van der Waals surface area contributed by atoms with E-state index in [1.165, 1.54) is 0 Å². The highest BCUT2D eigenvalue weighted by atomic mass is 19.4. The molecule has 2 aliphatic carbocycles. The van der Waals surface area contributed by atoms with Gasteiger partial charge in [-0.2, -0.15) is 65.9 Å². The SMILES string of the molecule is CC1C(CC2(C(F)(F)C(F)(F)C(F)(F)C(F)(F)F)C(=O)N(C)C(=O)C2C)C2CC1C(C(=O)OC(C)(C)C)(C(F)(F)C(F)(F)C(C)(F)F)C2. The fourth-order valence-corrected chi connectivity index (χ4v) is 7.81. The third-order valence-corrected chi connectivity index (χ3v) is 10.3. The standard InChI is InChI=1S/C28H32F15NO4/c1-11-14(10-21(12(2)16(45)44(7)17(21)46)24(33,34)26(37,38)27(39,40)28(41,42)43)13-8-15(11)22(9-13,18(47)48-19(3,4)5)25(35,36)23(31,32)20(6,29)30/h11-15H,8-10H2,1-7H3. The third-order valence-electron chi connectivity index (χ3n) is 10.3. The Morgan fingerprint density at radius 1 is 0.792 bits per heavy atom. The van der Waals surface area contributed by atoms with Crippen LogP contribution in [0.4, 0.5) is 65.9 Å². The van der Waals surface area contributed by atoms with Crippen LogP contribution in [0.2, 0.25) is 0 Å². The average Bonchev–Trinajstić information content (AvgIpc) is 3.48. The fourth-order valence-electron chi connectivity index (χ4n) is 7.81. The molecule has 1 saturated heterocycles. The van der Waals surface area contributed by atoms with Gasteiger partial charge in [0.1, 0.15) is 16.4 Å². The number of ether oxygens (including phenoxy) is 1. The Hall–Kier alpha value is -2.44. The summed E-state index contributed by atoms with van der Waals surface area (Å²) in [5.74, 6) is -55.9. The number of fused-ring (bicyclic) bond motifs is 2. The normalized spacial score (nSPS) is 32.8. The van der Waals surface area contributed by atoms with Crippen LogP contribution in [0.5, 0.6) is 0 Å². The molecule has 0 aromatic rings. The third kappa shape index (κ3) is 4.85. The Morgan fingerprint density at radius 2 is 1.27 bits per heavy atom. The van der Waals surface area contributed by atoms with Crippen LogP contribution in [0, 0.1) is 40.4 Å². The van der Waals surface area contributed by atoms with Gasteiger partial charge >= 0.3 is 47.7 Å². The monoisotopic (exact) mass is 731 g/mol. The van der Waals surface area contributed by atoms with Crippen molar-refractivity contribution in [3.8, 4) is 0 Å². The van der Waals surface area contributed by atoms with Gasteiger partial charge in [0, 0.05) is 14.0 Å². The van der Waals surface area contributed by atoms with E-state index in [0.717, 1.165) is 27.7 Å². The first kappa shape index (κ1) is 40.0. The number of rotatable bonds is 9. The number of likely N-dealkylation sites (tertiary alicyclic amines) is 1. The van der Waals surface area contributed by atoms with Crippen molar-refractivity contribution in [3.05, 3.63) is 0 Å². The number of nitrogens with zero attached hydrogens (tertiary/aromatic N) is 1. The summed E-state index contributed by atoms with van der Waals surface area (Å²) >= 11 is 0. The lowest BCUT2D eigenvalue weighted by atomic mass is 9.56. The number of halogens is 15. The number of hydrogen-bond donors (Lipinski definition) is 0. The second-order valence-corrected chi connectivity index (χ2v) is 14.2. The number of alkyl halides is 15. The molecule has 7 atom stereocenters. The Labute approximate surface area is 263 Å². The quantitative estimate of drug-likeness (QED) is 0.137. The Morgan fingerprint density at radius 3 is 1.62 bits per heavy atom. The molecule has 2 saturated carbocycles. The zero-order valence-corrected chi connectivity index (χ0v) is 26.3. The molecule has 1 heterocycles. The minimum absolute atomic E-state index is 0.207. The Balaban J connectivity index is 2.25. The smallest absolute Gasteiger partial charge is 0.459 e. The molecule has 1 aliphatic heterocycles. The van der Waals surface area contributed by atoms with E-state index in [9.17, 15) is 62.7 Å². The molecule has 0 aromatic heterocycles. The van der Waals surface area contributed by atoms with Gasteiger partial charge < -0.3 is 4.74 Å². The van der Waals surface area contributed by atoms with E-state index in [1.54, 1.807) is 0 Å². The topological polar surface area (TPSA) is 63.7 Å². The predicted molar refractivity (Wildman–Crippen MR) is 133 cm³/mol. The molecule has 5 nitrogen and oxygen atoms in total. The molecule has 0 radical (unpaired) electrons. The minimum Gasteiger partial charge on any atom is -0.459 e. The number of imide groups is 1. The van der Waals surface area contributed by atoms with Crippen molar-refractivity contribution in [1.29, 1.82) is 0 Å². The number of esters is 1. The molecular formula is C28H32F15NO4. The zero-order valence-electron chi connectivity index (χ0n) is 26.3. The first-order chi connectivity index (χ1) is 21.0. The summed E-state index contributed by atoms with van der Waals surface area (Å²) in [5.41, 5.74) is -9.92. The van der Waals surface area contributed by atoms with Crippen LogP contribution in [0.25, 0.3) is 0 Å². The van der Waals surface area contributed by atoms with E-state index in [2.05, 4.69) is 0 Å². The van der Waals surface area contributed by atoms with Gasteiger partial charge in [-0.15, -0.1) is 0 Å². The van der Waals surface area contributed by atoms with Gasteiger partial charge in [-0.25, -0.2) is 0 Å². The van der Waals surface area contributed by atoms with E-state index >= 15 is 17.6 Å². The molecule has 3 aliphatic rings. The molecule has 48 heavy (non-hydrogen) atoms. The van der Waals surface area contributed by atoms with Crippen LogP contribution >= 0.6 is 0 Å². The van der Waals surface area contributed by atoms with E-state index in [0.29, 0.717) is 14.0 Å². The van der Waals surface area contributed by atoms with Crippen LogP contribution in [0.3, 0.4) is 0 Å². The van der Waals surface area contributed by atoms with Gasteiger partial charge in [-0.1, -0.05) is 13.8 Å². The van der Waals surface area contributed by atoms with Crippen molar-refractivity contribution >= 4 is 17.8 Å². The molecule has 0 N–H and O–H groups in total. The zero-order chi connectivity index (χ0) is 38.0. The van der Waals surface area contributed by atoms with Crippen molar-refractivity contribution in [2.24, 2.45) is 40.4 Å². The summed E-state index contributed by atoms with van der Waals surface area (Å²) in [6.07, 6.45) is -11.6. The maximum Gasteiger partial charge on any atom is 0.460 e. The number of carbonyl (C=O) groups is 3. The average molecular weight is 732 g/mol. The van der Waals surface area contributed by atoms with Crippen molar-refractivity contribution in [1.82, 2.24) is 4.90 Å². The number of hydrogen-bond acceptors (Lipinski definition) is 4. The van der Waals surface area contributed by atoms with Crippen molar-refractivity contribution in [3.63, 3.8) is 0 Å². The minimum atomic E-state index is -7.49. The molecule has 3 fully saturated rings. The highest BCUT2D eigenvalue weighted by Gasteiger charge is 2.90. The molecule has 2 amide bonds. The van der Waals surface area contributed by atoms with E-state index in [1.807, 2.05) is 0 Å². The lowest BCUT2D eigenvalue weighted by Crippen LogP contribution is -2.69. The van der Waals surface area contributed by atoms with Gasteiger partial charge in [0.2, 0.25) is 11.8 Å². The first-order valence-electron chi connectivity index (χ1n) is 14.4. The van der Waals surface area contributed by atoms with Gasteiger partial charge in [0.25, 0.3) is 0 Å². The van der Waals surface area contributed by atoms with Crippen LogP contribution in [0.1, 0.15) is 60.8 Å². The van der Waals surface area contributed by atoms with Gasteiger partial charge in [0.05, 0.1) is 5.92 Å². The van der Waals surface area contributed by atoms with Gasteiger partial charge in [-0.05, 0) is 63.7 Å². The maximum absolute atomic E-state index is 15.9. The first-order valence-corrected chi connectivity index (χ1v) is 14.4. The van der Waals surface area contributed by atoms with Crippen molar-refractivity contribution in [2.45, 2.75) is 108 Å². The summed E-state index contributed by atoms with van der Waals surface area (Å²) in [7, 11) is 0.449. The van der Waals surface area contributed by atoms with Crippen LogP contribution in [-0.4, -0.2) is 77.0 Å². The summed E-state index contributed by atoms with van der Waals surface area (Å²) in [6, 6.07) is 0. The molecule has 0 spiro atoms.